The van der Waals surface area contributed by atoms with Gasteiger partial charge in [0.25, 0.3) is 0 Å². The van der Waals surface area contributed by atoms with Gasteiger partial charge in [-0.05, 0) is 123 Å². The van der Waals surface area contributed by atoms with Crippen molar-refractivity contribution < 1.29 is 0 Å². The van der Waals surface area contributed by atoms with Gasteiger partial charge in [0.2, 0.25) is 0 Å². The zero-order valence-electron chi connectivity index (χ0n) is 33.0. The van der Waals surface area contributed by atoms with Crippen LogP contribution in [0.15, 0.2) is 243 Å². The first-order valence-electron chi connectivity index (χ1n) is 20.6. The molecular weight excluding hydrogens is 725 g/mol. The zero-order chi connectivity index (χ0) is 39.8. The smallest absolute Gasteiger partial charge is 0.0619 e. The lowest BCUT2D eigenvalue weighted by molar-refractivity contribution is 1.19. The van der Waals surface area contributed by atoms with Crippen LogP contribution in [0.2, 0.25) is 0 Å². The minimum Gasteiger partial charge on any atom is -0.310 e. The summed E-state index contributed by atoms with van der Waals surface area (Å²) < 4.78 is 2.44. The van der Waals surface area contributed by atoms with E-state index in [1.807, 2.05) is 0 Å². The quantitative estimate of drug-likeness (QED) is 0.150. The topological polar surface area (TPSA) is 8.17 Å². The highest BCUT2D eigenvalue weighted by Crippen LogP contribution is 2.43. The van der Waals surface area contributed by atoms with Gasteiger partial charge in [0.1, 0.15) is 0 Å². The molecule has 0 N–H and O–H groups in total. The van der Waals surface area contributed by atoms with E-state index in [0.717, 1.165) is 22.7 Å². The van der Waals surface area contributed by atoms with E-state index >= 15 is 0 Å². The van der Waals surface area contributed by atoms with Gasteiger partial charge >= 0.3 is 0 Å². The second kappa shape index (κ2) is 15.1. The van der Waals surface area contributed by atoms with Crippen LogP contribution in [0.4, 0.5) is 17.1 Å². The molecule has 0 radical (unpaired) electrons. The second-order valence-electron chi connectivity index (χ2n) is 15.4. The fraction of sp³-hybridized carbons (Fsp3) is 0. The Hall–Kier alpha value is -7.94. The molecule has 282 valence electrons. The lowest BCUT2D eigenvalue weighted by Gasteiger charge is -2.26. The zero-order valence-corrected chi connectivity index (χ0v) is 33.0. The average molecular weight is 765 g/mol. The SMILES string of the molecule is c1ccc(-c2cc(-c3ccccc3)cc(-c3ccc(N(c4ccccc4)c4cccc(-c5cccc6c5c5ccc7ccccc7c5n6-c5ccccc5)c4)cc3)c2)cc1. The highest BCUT2D eigenvalue weighted by molar-refractivity contribution is 6.22. The summed E-state index contributed by atoms with van der Waals surface area (Å²) in [4.78, 5) is 2.37. The summed E-state index contributed by atoms with van der Waals surface area (Å²) in [5.41, 5.74) is 16.4. The third kappa shape index (κ3) is 6.32. The summed E-state index contributed by atoms with van der Waals surface area (Å²) >= 11 is 0. The number of aromatic nitrogens is 1. The average Bonchev–Trinajstić information content (AvgIpc) is 3.68. The van der Waals surface area contributed by atoms with E-state index in [4.69, 9.17) is 0 Å². The Morgan fingerprint density at radius 3 is 1.48 bits per heavy atom. The van der Waals surface area contributed by atoms with Gasteiger partial charge in [-0.3, -0.25) is 0 Å². The van der Waals surface area contributed by atoms with Gasteiger partial charge in [-0.1, -0.05) is 170 Å². The fourth-order valence-electron chi connectivity index (χ4n) is 8.94. The fourth-order valence-corrected chi connectivity index (χ4v) is 8.94. The van der Waals surface area contributed by atoms with Crippen molar-refractivity contribution in [2.45, 2.75) is 0 Å². The normalized spacial score (nSPS) is 11.3. The van der Waals surface area contributed by atoms with Crippen LogP contribution in [0.3, 0.4) is 0 Å². The Balaban J connectivity index is 1.04. The Kier molecular flexibility index (Phi) is 8.87. The van der Waals surface area contributed by atoms with Crippen molar-refractivity contribution in [3.63, 3.8) is 0 Å². The van der Waals surface area contributed by atoms with E-state index in [9.17, 15) is 0 Å². The summed E-state index contributed by atoms with van der Waals surface area (Å²) in [6.45, 7) is 0. The molecule has 1 heterocycles. The highest BCUT2D eigenvalue weighted by Gasteiger charge is 2.20. The molecule has 0 atom stereocenters. The molecule has 0 fully saturated rings. The van der Waals surface area contributed by atoms with Crippen LogP contribution in [0.5, 0.6) is 0 Å². The minimum atomic E-state index is 1.09. The molecule has 11 aromatic rings. The maximum Gasteiger partial charge on any atom is 0.0619 e. The van der Waals surface area contributed by atoms with Gasteiger partial charge in [-0.25, -0.2) is 0 Å². The van der Waals surface area contributed by atoms with Crippen LogP contribution < -0.4 is 4.90 Å². The third-order valence-corrected chi connectivity index (χ3v) is 11.7. The maximum absolute atomic E-state index is 2.44. The Morgan fingerprint density at radius 2 is 0.817 bits per heavy atom. The number of benzene rings is 10. The van der Waals surface area contributed by atoms with Gasteiger partial charge < -0.3 is 9.47 Å². The van der Waals surface area contributed by atoms with Crippen molar-refractivity contribution in [1.29, 1.82) is 0 Å². The Bertz CT molecular complexity index is 3220. The number of rotatable bonds is 8. The summed E-state index contributed by atoms with van der Waals surface area (Å²) in [5.74, 6) is 0. The molecule has 0 bridgehead atoms. The van der Waals surface area contributed by atoms with E-state index in [0.29, 0.717) is 0 Å². The van der Waals surface area contributed by atoms with Gasteiger partial charge in [0, 0.05) is 38.9 Å². The molecule has 0 amide bonds. The summed E-state index contributed by atoms with van der Waals surface area (Å²) in [7, 11) is 0. The molecule has 11 rings (SSSR count). The van der Waals surface area contributed by atoms with Gasteiger partial charge in [-0.15, -0.1) is 0 Å². The highest BCUT2D eigenvalue weighted by atomic mass is 15.1. The van der Waals surface area contributed by atoms with Crippen molar-refractivity contribution >= 4 is 49.6 Å². The first kappa shape index (κ1) is 35.2. The predicted octanol–water partition coefficient (Wildman–Crippen LogP) is 16.1. The van der Waals surface area contributed by atoms with Crippen LogP contribution in [0.1, 0.15) is 0 Å². The molecule has 0 aliphatic carbocycles. The largest absolute Gasteiger partial charge is 0.310 e. The van der Waals surface area contributed by atoms with Crippen LogP contribution in [-0.4, -0.2) is 4.57 Å². The number of anilines is 3. The first-order chi connectivity index (χ1) is 29.8. The maximum atomic E-state index is 2.44. The Morgan fingerprint density at radius 1 is 0.300 bits per heavy atom. The van der Waals surface area contributed by atoms with Crippen molar-refractivity contribution in [2.75, 3.05) is 4.90 Å². The lowest BCUT2D eigenvalue weighted by atomic mass is 9.93. The molecule has 2 nitrogen and oxygen atoms in total. The van der Waals surface area contributed by atoms with Gasteiger partial charge in [0.05, 0.1) is 11.0 Å². The van der Waals surface area contributed by atoms with Gasteiger partial charge in [0.15, 0.2) is 0 Å². The predicted molar refractivity (Wildman–Crippen MR) is 255 cm³/mol. The molecule has 2 heteroatoms. The second-order valence-corrected chi connectivity index (χ2v) is 15.4. The molecule has 60 heavy (non-hydrogen) atoms. The monoisotopic (exact) mass is 764 g/mol. The number of fused-ring (bicyclic) bond motifs is 5. The third-order valence-electron chi connectivity index (χ3n) is 11.7. The van der Waals surface area contributed by atoms with Crippen LogP contribution in [-0.2, 0) is 0 Å². The van der Waals surface area contributed by atoms with Crippen molar-refractivity contribution in [3.8, 4) is 50.2 Å². The number of nitrogens with zero attached hydrogens (tertiary/aromatic N) is 2. The molecule has 0 unspecified atom stereocenters. The molecule has 0 aliphatic rings. The Labute approximate surface area is 350 Å². The van der Waals surface area contributed by atoms with E-state index < -0.39 is 0 Å². The van der Waals surface area contributed by atoms with E-state index in [1.165, 1.54) is 77.1 Å². The van der Waals surface area contributed by atoms with Crippen LogP contribution >= 0.6 is 0 Å². The van der Waals surface area contributed by atoms with E-state index in [-0.39, 0.29) is 0 Å². The molecule has 0 aliphatic heterocycles. The van der Waals surface area contributed by atoms with E-state index in [2.05, 4.69) is 252 Å². The van der Waals surface area contributed by atoms with Crippen molar-refractivity contribution in [3.05, 3.63) is 243 Å². The summed E-state index contributed by atoms with van der Waals surface area (Å²) in [6, 6.07) is 87.8. The number of hydrogen-bond donors (Lipinski definition) is 0. The van der Waals surface area contributed by atoms with Crippen molar-refractivity contribution in [2.24, 2.45) is 0 Å². The van der Waals surface area contributed by atoms with Gasteiger partial charge in [-0.2, -0.15) is 0 Å². The van der Waals surface area contributed by atoms with E-state index in [1.54, 1.807) is 0 Å². The van der Waals surface area contributed by atoms with Crippen LogP contribution in [0.25, 0.3) is 82.8 Å². The first-order valence-corrected chi connectivity index (χ1v) is 20.6. The molecule has 0 spiro atoms. The molecule has 10 aromatic carbocycles. The molecule has 0 saturated carbocycles. The summed E-state index contributed by atoms with van der Waals surface area (Å²) in [6.07, 6.45) is 0. The van der Waals surface area contributed by atoms with Crippen molar-refractivity contribution in [1.82, 2.24) is 4.57 Å². The number of para-hydroxylation sites is 2. The molecule has 0 saturated heterocycles. The number of hydrogen-bond acceptors (Lipinski definition) is 1. The minimum absolute atomic E-state index is 1.09. The molecule has 1 aromatic heterocycles. The standard InChI is InChI=1S/C58H40N2/c1-5-17-41(18-6-1)46-37-47(42-19-7-2-8-20-42)39-48(38-46)43-31-34-51(35-32-43)59(49-23-9-3-10-24-49)52-27-15-22-45(40-52)53-29-16-30-56-57(53)55-36-33-44-21-13-14-28-54(44)58(55)60(56)50-25-11-4-12-26-50/h1-40H. The summed E-state index contributed by atoms with van der Waals surface area (Å²) in [5, 5.41) is 4.98. The molecular formula is C58H40N2. The van der Waals surface area contributed by atoms with Crippen LogP contribution in [0, 0.1) is 0 Å². The lowest BCUT2D eigenvalue weighted by Crippen LogP contribution is -2.09.